The van der Waals surface area contributed by atoms with Crippen LogP contribution in [0, 0.1) is 5.41 Å². The molecule has 0 unspecified atom stereocenters. The van der Waals surface area contributed by atoms with Gasteiger partial charge in [-0.1, -0.05) is 0 Å². The van der Waals surface area contributed by atoms with Crippen LogP contribution in [0.5, 0.6) is 11.5 Å². The smallest absolute Gasteiger partial charge is 0.272 e. The number of aromatic nitrogens is 2. The quantitative estimate of drug-likeness (QED) is 0.149. The van der Waals surface area contributed by atoms with Gasteiger partial charge in [0, 0.05) is 58.3 Å². The summed E-state index contributed by atoms with van der Waals surface area (Å²) in [7, 11) is 4.84. The highest BCUT2D eigenvalue weighted by molar-refractivity contribution is 6.06. The maximum absolute atomic E-state index is 13.1. The van der Waals surface area contributed by atoms with Crippen molar-refractivity contribution < 1.29 is 28.7 Å². The normalized spacial score (nSPS) is 15.1. The van der Waals surface area contributed by atoms with E-state index in [4.69, 9.17) is 20.6 Å². The van der Waals surface area contributed by atoms with Gasteiger partial charge in [-0.3, -0.25) is 29.6 Å². The zero-order chi connectivity index (χ0) is 33.0. The largest absolute Gasteiger partial charge is 0.493 e. The number of benzene rings is 1. The molecular weight excluding hydrogens is 594 g/mol. The Balaban J connectivity index is 1.15. The summed E-state index contributed by atoms with van der Waals surface area (Å²) in [5, 5.41) is 15.5. The molecule has 15 nitrogen and oxygen atoms in total. The number of hydrogen-bond donors (Lipinski definition) is 5. The molecule has 0 spiro atoms. The summed E-state index contributed by atoms with van der Waals surface area (Å²) in [4.78, 5) is 57.6. The van der Waals surface area contributed by atoms with E-state index < -0.39 is 5.91 Å². The van der Waals surface area contributed by atoms with Crippen LogP contribution in [0.4, 0.5) is 17.1 Å². The number of amides is 4. The molecule has 0 saturated carbocycles. The number of methoxy groups -OCH3 is 1. The molecule has 1 aromatic carbocycles. The molecular formula is C31H37N9O6. The third kappa shape index (κ3) is 7.03. The van der Waals surface area contributed by atoms with Crippen LogP contribution in [0.3, 0.4) is 0 Å². The van der Waals surface area contributed by atoms with E-state index in [1.165, 1.54) is 7.11 Å². The Morgan fingerprint density at radius 2 is 1.70 bits per heavy atom. The lowest BCUT2D eigenvalue weighted by atomic mass is 10.1. The monoisotopic (exact) mass is 631 g/mol. The predicted molar refractivity (Wildman–Crippen MR) is 172 cm³/mol. The van der Waals surface area contributed by atoms with Crippen LogP contribution in [0.25, 0.3) is 0 Å². The number of nitrogens with zero attached hydrogens (tertiary/aromatic N) is 4. The van der Waals surface area contributed by atoms with E-state index in [1.54, 1.807) is 66.1 Å². The van der Waals surface area contributed by atoms with Gasteiger partial charge >= 0.3 is 0 Å². The number of carbonyl (C=O) groups excluding carboxylic acids is 4. The van der Waals surface area contributed by atoms with E-state index in [-0.39, 0.29) is 61.3 Å². The van der Waals surface area contributed by atoms with Crippen molar-refractivity contribution in [2.24, 2.45) is 24.8 Å². The number of fused-ring (bicyclic) bond motifs is 2. The summed E-state index contributed by atoms with van der Waals surface area (Å²) in [5.41, 5.74) is 7.72. The summed E-state index contributed by atoms with van der Waals surface area (Å²) in [6, 6.07) is 6.35. The van der Waals surface area contributed by atoms with Gasteiger partial charge in [0.25, 0.3) is 17.7 Å². The molecule has 0 aliphatic carbocycles. The first-order chi connectivity index (χ1) is 22.0. The zero-order valence-electron chi connectivity index (χ0n) is 25.9. The molecule has 4 heterocycles. The molecule has 2 aliphatic heterocycles. The van der Waals surface area contributed by atoms with Crippen LogP contribution < -0.4 is 31.2 Å². The van der Waals surface area contributed by atoms with Crippen molar-refractivity contribution in [1.29, 1.82) is 5.41 Å². The Morgan fingerprint density at radius 3 is 2.39 bits per heavy atom. The highest BCUT2D eigenvalue weighted by atomic mass is 16.5. The van der Waals surface area contributed by atoms with Gasteiger partial charge in [-0.25, -0.2) is 0 Å². The molecule has 1 atom stereocenters. The molecule has 6 N–H and O–H groups in total. The minimum atomic E-state index is -0.433. The van der Waals surface area contributed by atoms with Gasteiger partial charge in [0.1, 0.15) is 11.4 Å². The molecule has 2 aromatic heterocycles. The average molecular weight is 632 g/mol. The van der Waals surface area contributed by atoms with Crippen molar-refractivity contribution in [3.05, 3.63) is 53.6 Å². The molecule has 46 heavy (non-hydrogen) atoms. The lowest BCUT2D eigenvalue weighted by Gasteiger charge is -2.20. The molecule has 0 radical (unpaired) electrons. The lowest BCUT2D eigenvalue weighted by Crippen LogP contribution is -2.35. The van der Waals surface area contributed by atoms with Crippen molar-refractivity contribution in [2.45, 2.75) is 31.7 Å². The van der Waals surface area contributed by atoms with Crippen LogP contribution in [-0.2, 0) is 18.9 Å². The zero-order valence-corrected chi connectivity index (χ0v) is 25.9. The third-order valence-electron chi connectivity index (χ3n) is 7.74. The maximum Gasteiger partial charge on any atom is 0.272 e. The second kappa shape index (κ2) is 13.6. The number of aliphatic imine (C=N–C) groups is 1. The summed E-state index contributed by atoms with van der Waals surface area (Å²) < 4.78 is 14.5. The number of rotatable bonds is 12. The van der Waals surface area contributed by atoms with E-state index >= 15 is 0 Å². The Hall–Kier alpha value is -5.60. The Kier molecular flexibility index (Phi) is 9.39. The van der Waals surface area contributed by atoms with E-state index in [1.807, 2.05) is 4.90 Å². The SMILES string of the molecule is COc1cc2c(cc1OCCC(=O)Nc1cc(C(=O)Nc3cc(C(=O)NCCC(=N)N)n(C)c3)n(C)c1)N=C[C@@H]1CCCN1C2=O. The second-order valence-electron chi connectivity index (χ2n) is 11.1. The molecule has 0 bridgehead atoms. The molecule has 4 amide bonds. The molecule has 2 aliphatic rings. The van der Waals surface area contributed by atoms with Gasteiger partial charge in [-0.05, 0) is 31.0 Å². The number of nitrogens with two attached hydrogens (primary N) is 1. The predicted octanol–water partition coefficient (Wildman–Crippen LogP) is 2.41. The summed E-state index contributed by atoms with van der Waals surface area (Å²) in [5.74, 6) is -0.491. The number of hydrogen-bond acceptors (Lipinski definition) is 8. The Labute approximate surface area is 265 Å². The van der Waals surface area contributed by atoms with E-state index in [0.29, 0.717) is 46.4 Å². The van der Waals surface area contributed by atoms with Crippen molar-refractivity contribution in [3.63, 3.8) is 0 Å². The molecule has 15 heteroatoms. The minimum Gasteiger partial charge on any atom is -0.493 e. The second-order valence-corrected chi connectivity index (χ2v) is 11.1. The molecule has 3 aromatic rings. The van der Waals surface area contributed by atoms with Gasteiger partial charge < -0.3 is 45.2 Å². The fourth-order valence-corrected chi connectivity index (χ4v) is 5.41. The summed E-state index contributed by atoms with van der Waals surface area (Å²) >= 11 is 0. The van der Waals surface area contributed by atoms with Crippen LogP contribution in [-0.4, -0.2) is 82.6 Å². The first-order valence-corrected chi connectivity index (χ1v) is 14.8. The minimum absolute atomic E-state index is 0.00991. The van der Waals surface area contributed by atoms with Gasteiger partial charge in [-0.15, -0.1) is 0 Å². The van der Waals surface area contributed by atoms with Crippen molar-refractivity contribution >= 4 is 52.7 Å². The maximum atomic E-state index is 13.1. The fourth-order valence-electron chi connectivity index (χ4n) is 5.41. The van der Waals surface area contributed by atoms with Crippen LogP contribution in [0.2, 0.25) is 0 Å². The first-order valence-electron chi connectivity index (χ1n) is 14.8. The van der Waals surface area contributed by atoms with E-state index in [2.05, 4.69) is 20.9 Å². The molecule has 1 saturated heterocycles. The van der Waals surface area contributed by atoms with E-state index in [9.17, 15) is 19.2 Å². The number of anilines is 2. The Morgan fingerprint density at radius 1 is 1.00 bits per heavy atom. The summed E-state index contributed by atoms with van der Waals surface area (Å²) in [6.07, 6.45) is 7.08. The van der Waals surface area contributed by atoms with Gasteiger partial charge in [0.15, 0.2) is 11.5 Å². The van der Waals surface area contributed by atoms with Gasteiger partial charge in [0.2, 0.25) is 5.91 Å². The van der Waals surface area contributed by atoms with Crippen LogP contribution in [0.1, 0.15) is 57.0 Å². The molecule has 5 rings (SSSR count). The van der Waals surface area contributed by atoms with Crippen LogP contribution >= 0.6 is 0 Å². The van der Waals surface area contributed by atoms with Crippen molar-refractivity contribution in [2.75, 3.05) is 37.4 Å². The number of ether oxygens (including phenoxy) is 2. The first kappa shape index (κ1) is 31.8. The number of amidine groups is 1. The Bertz CT molecular complexity index is 1720. The number of aryl methyl sites for hydroxylation is 2. The average Bonchev–Trinajstić information content (AvgIpc) is 3.71. The van der Waals surface area contributed by atoms with Crippen LogP contribution in [0.15, 0.2) is 41.7 Å². The van der Waals surface area contributed by atoms with Crippen molar-refractivity contribution in [3.8, 4) is 11.5 Å². The van der Waals surface area contributed by atoms with Crippen molar-refractivity contribution in [1.82, 2.24) is 19.4 Å². The highest BCUT2D eigenvalue weighted by Gasteiger charge is 2.32. The topological polar surface area (TPSA) is 198 Å². The number of nitrogens with one attached hydrogen (secondary N) is 4. The van der Waals surface area contributed by atoms with Gasteiger partial charge in [-0.2, -0.15) is 0 Å². The molecule has 242 valence electrons. The van der Waals surface area contributed by atoms with Gasteiger partial charge in [0.05, 0.1) is 54.6 Å². The highest BCUT2D eigenvalue weighted by Crippen LogP contribution is 2.38. The number of carbonyl (C=O) groups is 4. The molecule has 1 fully saturated rings. The lowest BCUT2D eigenvalue weighted by molar-refractivity contribution is -0.116. The van der Waals surface area contributed by atoms with E-state index in [0.717, 1.165) is 12.8 Å². The fraction of sp³-hybridized carbons (Fsp3) is 0.355. The summed E-state index contributed by atoms with van der Waals surface area (Å²) in [6.45, 7) is 0.951. The third-order valence-corrected chi connectivity index (χ3v) is 7.74. The standard InChI is InChI=1S/C31H37N9O6/c1-38-17-19(12-23(38)29(42)34-8-6-27(32)33)37-30(43)24-11-18(16-39(24)2)36-28(41)7-10-46-26-14-22-21(13-25(26)45-3)31(44)40-9-4-5-20(40)15-35-22/h11-17,20H,4-10H2,1-3H3,(H3,32,33)(H,34,42)(H,36,41)(H,37,43)/t20-/m0/s1.